The van der Waals surface area contributed by atoms with Crippen molar-refractivity contribution in [2.75, 3.05) is 6.54 Å². The highest BCUT2D eigenvalue weighted by Gasteiger charge is 2.20. The lowest BCUT2D eigenvalue weighted by Crippen LogP contribution is -2.45. The molecule has 128 valence electrons. The predicted octanol–water partition coefficient (Wildman–Crippen LogP) is 3.70. The van der Waals surface area contributed by atoms with E-state index in [0.29, 0.717) is 6.54 Å². The third-order valence-corrected chi connectivity index (χ3v) is 4.70. The van der Waals surface area contributed by atoms with Crippen LogP contribution in [0.4, 0.5) is 0 Å². The van der Waals surface area contributed by atoms with Gasteiger partial charge in [0.15, 0.2) is 0 Å². The van der Waals surface area contributed by atoms with E-state index in [4.69, 9.17) is 5.73 Å². The SMILES string of the molecule is CCC(C)C(N)C(=O)NCCC(c1ccccc1)c1ccccc1. The highest BCUT2D eigenvalue weighted by atomic mass is 16.2. The zero-order chi connectivity index (χ0) is 17.4. The molecule has 2 atom stereocenters. The van der Waals surface area contributed by atoms with Crippen LogP contribution < -0.4 is 11.1 Å². The normalized spacial score (nSPS) is 13.5. The molecule has 2 unspecified atom stereocenters. The van der Waals surface area contributed by atoms with Crippen LogP contribution in [0.25, 0.3) is 0 Å². The first-order chi connectivity index (χ1) is 11.6. The van der Waals surface area contributed by atoms with Crippen LogP contribution >= 0.6 is 0 Å². The Morgan fingerprint density at radius 2 is 1.50 bits per heavy atom. The van der Waals surface area contributed by atoms with Gasteiger partial charge in [0.2, 0.25) is 5.91 Å². The monoisotopic (exact) mass is 324 g/mol. The smallest absolute Gasteiger partial charge is 0.237 e. The summed E-state index contributed by atoms with van der Waals surface area (Å²) in [6.07, 6.45) is 1.76. The molecule has 0 aliphatic heterocycles. The number of rotatable bonds is 8. The molecular weight excluding hydrogens is 296 g/mol. The lowest BCUT2D eigenvalue weighted by molar-refractivity contribution is -0.123. The van der Waals surface area contributed by atoms with Crippen molar-refractivity contribution < 1.29 is 4.79 Å². The number of hydrogen-bond acceptors (Lipinski definition) is 2. The molecule has 0 fully saturated rings. The Kier molecular flexibility index (Phi) is 7.01. The number of carbonyl (C=O) groups is 1. The fraction of sp³-hybridized carbons (Fsp3) is 0.381. The first-order valence-electron chi connectivity index (χ1n) is 8.76. The van der Waals surface area contributed by atoms with Crippen LogP contribution in [-0.2, 0) is 4.79 Å². The van der Waals surface area contributed by atoms with Crippen molar-refractivity contribution in [3.8, 4) is 0 Å². The molecule has 3 nitrogen and oxygen atoms in total. The first-order valence-corrected chi connectivity index (χ1v) is 8.76. The standard InChI is InChI=1S/C21H28N2O/c1-3-16(2)20(22)21(24)23-15-14-19(17-10-6-4-7-11-17)18-12-8-5-9-13-18/h4-13,16,19-20H,3,14-15,22H2,1-2H3,(H,23,24). The van der Waals surface area contributed by atoms with E-state index in [2.05, 4.69) is 60.8 Å². The van der Waals surface area contributed by atoms with Crippen LogP contribution in [0.15, 0.2) is 60.7 Å². The van der Waals surface area contributed by atoms with E-state index in [9.17, 15) is 4.79 Å². The van der Waals surface area contributed by atoms with Crippen molar-refractivity contribution in [2.45, 2.75) is 38.6 Å². The molecule has 0 spiro atoms. The number of hydrogen-bond donors (Lipinski definition) is 2. The fourth-order valence-corrected chi connectivity index (χ4v) is 2.87. The van der Waals surface area contributed by atoms with Crippen molar-refractivity contribution in [3.63, 3.8) is 0 Å². The van der Waals surface area contributed by atoms with Crippen molar-refractivity contribution in [2.24, 2.45) is 11.7 Å². The van der Waals surface area contributed by atoms with Gasteiger partial charge >= 0.3 is 0 Å². The van der Waals surface area contributed by atoms with E-state index in [1.807, 2.05) is 19.1 Å². The van der Waals surface area contributed by atoms with Crippen molar-refractivity contribution in [3.05, 3.63) is 71.8 Å². The molecule has 2 aromatic rings. The second kappa shape index (κ2) is 9.24. The van der Waals surface area contributed by atoms with Gasteiger partial charge in [-0.25, -0.2) is 0 Å². The summed E-state index contributed by atoms with van der Waals surface area (Å²) in [5.41, 5.74) is 8.53. The lowest BCUT2D eigenvalue weighted by atomic mass is 9.88. The summed E-state index contributed by atoms with van der Waals surface area (Å²) < 4.78 is 0. The van der Waals surface area contributed by atoms with Crippen LogP contribution in [0.3, 0.4) is 0 Å². The van der Waals surface area contributed by atoms with E-state index in [-0.39, 0.29) is 17.7 Å². The van der Waals surface area contributed by atoms with Gasteiger partial charge in [0.05, 0.1) is 6.04 Å². The van der Waals surface area contributed by atoms with Crippen LogP contribution in [0, 0.1) is 5.92 Å². The van der Waals surface area contributed by atoms with Crippen LogP contribution in [0.5, 0.6) is 0 Å². The number of carbonyl (C=O) groups excluding carboxylic acids is 1. The third kappa shape index (κ3) is 4.93. The minimum Gasteiger partial charge on any atom is -0.355 e. The predicted molar refractivity (Wildman–Crippen MR) is 99.8 cm³/mol. The maximum atomic E-state index is 12.2. The molecule has 0 aliphatic carbocycles. The van der Waals surface area contributed by atoms with Crippen LogP contribution in [0.1, 0.15) is 43.7 Å². The van der Waals surface area contributed by atoms with Crippen LogP contribution in [0.2, 0.25) is 0 Å². The van der Waals surface area contributed by atoms with Crippen molar-refractivity contribution >= 4 is 5.91 Å². The molecule has 0 saturated heterocycles. The molecule has 0 aliphatic rings. The molecule has 2 rings (SSSR count). The summed E-state index contributed by atoms with van der Waals surface area (Å²) in [6.45, 7) is 4.69. The van der Waals surface area contributed by atoms with Gasteiger partial charge in [-0.2, -0.15) is 0 Å². The highest BCUT2D eigenvalue weighted by molar-refractivity contribution is 5.81. The summed E-state index contributed by atoms with van der Waals surface area (Å²) in [7, 11) is 0. The average Bonchev–Trinajstić information content (AvgIpc) is 2.65. The molecule has 0 heterocycles. The lowest BCUT2D eigenvalue weighted by Gasteiger charge is -2.21. The van der Waals surface area contributed by atoms with Gasteiger partial charge < -0.3 is 11.1 Å². The van der Waals surface area contributed by atoms with Gasteiger partial charge in [-0.15, -0.1) is 0 Å². The Morgan fingerprint density at radius 3 is 1.96 bits per heavy atom. The van der Waals surface area contributed by atoms with E-state index in [0.717, 1.165) is 12.8 Å². The molecule has 1 amide bonds. The van der Waals surface area contributed by atoms with Gasteiger partial charge in [-0.05, 0) is 23.5 Å². The maximum absolute atomic E-state index is 12.2. The summed E-state index contributed by atoms with van der Waals surface area (Å²) in [6, 6.07) is 20.4. The second-order valence-electron chi connectivity index (χ2n) is 6.36. The van der Waals surface area contributed by atoms with Gasteiger partial charge in [0.25, 0.3) is 0 Å². The highest BCUT2D eigenvalue weighted by Crippen LogP contribution is 2.27. The Hall–Kier alpha value is -2.13. The van der Waals surface area contributed by atoms with Gasteiger partial charge in [0, 0.05) is 12.5 Å². The molecular formula is C21H28N2O. The Morgan fingerprint density at radius 1 is 1.00 bits per heavy atom. The zero-order valence-electron chi connectivity index (χ0n) is 14.6. The average molecular weight is 324 g/mol. The van der Waals surface area contributed by atoms with E-state index >= 15 is 0 Å². The third-order valence-electron chi connectivity index (χ3n) is 4.70. The number of benzene rings is 2. The molecule has 3 N–H and O–H groups in total. The van der Waals surface area contributed by atoms with E-state index in [1.165, 1.54) is 11.1 Å². The minimum absolute atomic E-state index is 0.0516. The quantitative estimate of drug-likeness (QED) is 0.778. The molecule has 0 aromatic heterocycles. The van der Waals surface area contributed by atoms with Crippen molar-refractivity contribution in [1.82, 2.24) is 5.32 Å². The number of amides is 1. The number of nitrogens with one attached hydrogen (secondary N) is 1. The van der Waals surface area contributed by atoms with E-state index in [1.54, 1.807) is 0 Å². The second-order valence-corrected chi connectivity index (χ2v) is 6.36. The zero-order valence-corrected chi connectivity index (χ0v) is 14.6. The topological polar surface area (TPSA) is 55.1 Å². The summed E-state index contributed by atoms with van der Waals surface area (Å²) >= 11 is 0. The summed E-state index contributed by atoms with van der Waals surface area (Å²) in [5.74, 6) is 0.417. The summed E-state index contributed by atoms with van der Waals surface area (Å²) in [4.78, 5) is 12.2. The molecule has 3 heteroatoms. The maximum Gasteiger partial charge on any atom is 0.237 e. The Balaban J connectivity index is 2.01. The largest absolute Gasteiger partial charge is 0.355 e. The van der Waals surface area contributed by atoms with Crippen LogP contribution in [-0.4, -0.2) is 18.5 Å². The number of nitrogens with two attached hydrogens (primary N) is 1. The van der Waals surface area contributed by atoms with Gasteiger partial charge in [-0.3, -0.25) is 4.79 Å². The first kappa shape index (κ1) is 18.2. The van der Waals surface area contributed by atoms with E-state index < -0.39 is 6.04 Å². The van der Waals surface area contributed by atoms with Crippen molar-refractivity contribution in [1.29, 1.82) is 0 Å². The summed E-state index contributed by atoms with van der Waals surface area (Å²) in [5, 5.41) is 3.00. The molecule has 24 heavy (non-hydrogen) atoms. The molecule has 2 aromatic carbocycles. The minimum atomic E-state index is -0.429. The molecule has 0 saturated carbocycles. The Labute approximate surface area is 145 Å². The van der Waals surface area contributed by atoms with Gasteiger partial charge in [-0.1, -0.05) is 80.9 Å². The fourth-order valence-electron chi connectivity index (χ4n) is 2.87. The molecule has 0 radical (unpaired) electrons. The molecule has 0 bridgehead atoms. The van der Waals surface area contributed by atoms with Gasteiger partial charge in [0.1, 0.15) is 0 Å². The Bertz CT molecular complexity index is 573.